The number of hydrogen-bond donors (Lipinski definition) is 2. The fourth-order valence-electron chi connectivity index (χ4n) is 1.80. The van der Waals surface area contributed by atoms with Crippen LogP contribution in [0.1, 0.15) is 17.0 Å². The van der Waals surface area contributed by atoms with Gasteiger partial charge in [-0.25, -0.2) is 0 Å². The molecule has 3 N–H and O–H groups in total. The number of methoxy groups -OCH3 is 1. The quantitative estimate of drug-likeness (QED) is 0.513. The first-order valence-electron chi connectivity index (χ1n) is 6.31. The van der Waals surface area contributed by atoms with Crippen molar-refractivity contribution in [2.45, 2.75) is 6.92 Å². The molecule has 2 rings (SSSR count). The van der Waals surface area contributed by atoms with E-state index in [9.17, 15) is 0 Å². The number of hydrazone groups is 1. The number of aryl methyl sites for hydroxylation is 1. The van der Waals surface area contributed by atoms with Crippen molar-refractivity contribution < 1.29 is 4.74 Å². The van der Waals surface area contributed by atoms with Gasteiger partial charge in [-0.15, -0.1) is 0 Å². The number of aromatic nitrogens is 1. The van der Waals surface area contributed by atoms with E-state index in [1.165, 1.54) is 0 Å². The summed E-state index contributed by atoms with van der Waals surface area (Å²) in [5.74, 6) is 0.776. The summed E-state index contributed by atoms with van der Waals surface area (Å²) >= 11 is 4.80. The van der Waals surface area contributed by atoms with Gasteiger partial charge in [0.05, 0.1) is 12.8 Å². The molecule has 0 saturated heterocycles. The lowest BCUT2D eigenvalue weighted by Gasteiger charge is -2.08. The summed E-state index contributed by atoms with van der Waals surface area (Å²) < 4.78 is 5.16. The molecule has 0 aliphatic carbocycles. The Morgan fingerprint density at radius 3 is 2.52 bits per heavy atom. The van der Waals surface area contributed by atoms with Gasteiger partial charge in [-0.3, -0.25) is 10.4 Å². The molecule has 108 valence electrons. The van der Waals surface area contributed by atoms with Crippen molar-refractivity contribution in [3.05, 3.63) is 59.4 Å². The van der Waals surface area contributed by atoms with Gasteiger partial charge < -0.3 is 10.5 Å². The molecule has 1 aromatic carbocycles. The topological polar surface area (TPSA) is 72.5 Å². The van der Waals surface area contributed by atoms with Gasteiger partial charge in [0.15, 0.2) is 5.11 Å². The normalized spacial score (nSPS) is 11.0. The summed E-state index contributed by atoms with van der Waals surface area (Å²) in [6, 6.07) is 13.3. The van der Waals surface area contributed by atoms with Crippen molar-refractivity contribution in [1.82, 2.24) is 10.4 Å². The minimum atomic E-state index is 0.105. The Hall–Kier alpha value is -2.47. The number of hydrogen-bond acceptors (Lipinski definition) is 4. The summed E-state index contributed by atoms with van der Waals surface area (Å²) in [4.78, 5) is 4.48. The average molecular weight is 300 g/mol. The summed E-state index contributed by atoms with van der Waals surface area (Å²) in [5.41, 5.74) is 11.3. The molecular weight excluding hydrogens is 284 g/mol. The van der Waals surface area contributed by atoms with Gasteiger partial charge in [-0.1, -0.05) is 6.07 Å². The van der Waals surface area contributed by atoms with Crippen LogP contribution in [-0.4, -0.2) is 22.9 Å². The molecule has 0 aliphatic rings. The SMILES string of the molecule is COc1ccc(/C(=N/NC(N)=S)c2cccc(C)n2)cc1. The number of ether oxygens (including phenoxy) is 1. The zero-order valence-corrected chi connectivity index (χ0v) is 12.6. The van der Waals surface area contributed by atoms with E-state index in [2.05, 4.69) is 15.5 Å². The van der Waals surface area contributed by atoms with E-state index in [1.54, 1.807) is 7.11 Å². The lowest BCUT2D eigenvalue weighted by Crippen LogP contribution is -2.26. The maximum absolute atomic E-state index is 5.45. The van der Waals surface area contributed by atoms with Crippen molar-refractivity contribution >= 4 is 23.0 Å². The Morgan fingerprint density at radius 1 is 1.24 bits per heavy atom. The van der Waals surface area contributed by atoms with Crippen LogP contribution in [0.4, 0.5) is 0 Å². The molecule has 5 nitrogen and oxygen atoms in total. The van der Waals surface area contributed by atoms with Crippen LogP contribution in [0.25, 0.3) is 0 Å². The number of benzene rings is 1. The predicted molar refractivity (Wildman–Crippen MR) is 87.5 cm³/mol. The second kappa shape index (κ2) is 6.81. The smallest absolute Gasteiger partial charge is 0.184 e. The molecule has 0 bridgehead atoms. The molecule has 21 heavy (non-hydrogen) atoms. The highest BCUT2D eigenvalue weighted by Crippen LogP contribution is 2.15. The lowest BCUT2D eigenvalue weighted by atomic mass is 10.1. The van der Waals surface area contributed by atoms with E-state index < -0.39 is 0 Å². The number of nitrogens with one attached hydrogen (secondary N) is 1. The van der Waals surface area contributed by atoms with Crippen molar-refractivity contribution in [3.8, 4) is 5.75 Å². The fraction of sp³-hybridized carbons (Fsp3) is 0.133. The number of rotatable bonds is 4. The van der Waals surface area contributed by atoms with Crippen LogP contribution in [0.2, 0.25) is 0 Å². The zero-order chi connectivity index (χ0) is 15.2. The lowest BCUT2D eigenvalue weighted by molar-refractivity contribution is 0.415. The van der Waals surface area contributed by atoms with Gasteiger partial charge in [0, 0.05) is 11.3 Å². The molecule has 0 aliphatic heterocycles. The van der Waals surface area contributed by atoms with Crippen LogP contribution in [-0.2, 0) is 0 Å². The van der Waals surface area contributed by atoms with Crippen LogP contribution in [0.15, 0.2) is 47.6 Å². The zero-order valence-electron chi connectivity index (χ0n) is 11.8. The van der Waals surface area contributed by atoms with Crippen LogP contribution in [0, 0.1) is 6.92 Å². The van der Waals surface area contributed by atoms with E-state index >= 15 is 0 Å². The van der Waals surface area contributed by atoms with Gasteiger partial charge >= 0.3 is 0 Å². The average Bonchev–Trinajstić information content (AvgIpc) is 2.48. The van der Waals surface area contributed by atoms with Crippen molar-refractivity contribution in [2.24, 2.45) is 10.8 Å². The van der Waals surface area contributed by atoms with Crippen LogP contribution in [0.5, 0.6) is 5.75 Å². The highest BCUT2D eigenvalue weighted by molar-refractivity contribution is 7.80. The summed E-state index contributed by atoms with van der Waals surface area (Å²) in [6.07, 6.45) is 0. The molecule has 0 unspecified atom stereocenters. The number of thiocarbonyl (C=S) groups is 1. The Balaban J connectivity index is 2.44. The molecule has 0 radical (unpaired) electrons. The maximum Gasteiger partial charge on any atom is 0.184 e. The van der Waals surface area contributed by atoms with Gasteiger partial charge in [-0.2, -0.15) is 5.10 Å². The summed E-state index contributed by atoms with van der Waals surface area (Å²) in [7, 11) is 1.63. The summed E-state index contributed by atoms with van der Waals surface area (Å²) in [5, 5.41) is 4.36. The van der Waals surface area contributed by atoms with E-state index in [0.717, 1.165) is 22.7 Å². The summed E-state index contributed by atoms with van der Waals surface area (Å²) in [6.45, 7) is 1.93. The fourth-order valence-corrected chi connectivity index (χ4v) is 1.85. The molecule has 0 spiro atoms. The standard InChI is InChI=1S/C15H16N4OS/c1-10-4-3-5-13(17-10)14(18-19-15(16)21)11-6-8-12(20-2)9-7-11/h3-9H,1-2H3,(H3,16,19,21)/b18-14-. The van der Waals surface area contributed by atoms with Gasteiger partial charge in [0.25, 0.3) is 0 Å². The third kappa shape index (κ3) is 4.00. The van der Waals surface area contributed by atoms with Crippen molar-refractivity contribution in [1.29, 1.82) is 0 Å². The Morgan fingerprint density at radius 2 is 1.95 bits per heavy atom. The van der Waals surface area contributed by atoms with E-state index in [-0.39, 0.29) is 5.11 Å². The highest BCUT2D eigenvalue weighted by atomic mass is 32.1. The Labute approximate surface area is 128 Å². The van der Waals surface area contributed by atoms with Gasteiger partial charge in [0.2, 0.25) is 0 Å². The number of nitrogens with two attached hydrogens (primary N) is 1. The van der Waals surface area contributed by atoms with Crippen LogP contribution in [0.3, 0.4) is 0 Å². The monoisotopic (exact) mass is 300 g/mol. The minimum Gasteiger partial charge on any atom is -0.497 e. The van der Waals surface area contributed by atoms with Gasteiger partial charge in [0.1, 0.15) is 11.5 Å². The third-order valence-electron chi connectivity index (χ3n) is 2.77. The minimum absolute atomic E-state index is 0.105. The van der Waals surface area contributed by atoms with E-state index in [4.69, 9.17) is 22.7 Å². The molecule has 6 heteroatoms. The second-order valence-electron chi connectivity index (χ2n) is 4.33. The predicted octanol–water partition coefficient (Wildman–Crippen LogP) is 1.98. The van der Waals surface area contributed by atoms with E-state index in [0.29, 0.717) is 5.71 Å². The molecule has 0 saturated carbocycles. The Kier molecular flexibility index (Phi) is 4.84. The third-order valence-corrected chi connectivity index (χ3v) is 2.86. The second-order valence-corrected chi connectivity index (χ2v) is 4.77. The largest absolute Gasteiger partial charge is 0.497 e. The first-order chi connectivity index (χ1) is 10.1. The van der Waals surface area contributed by atoms with E-state index in [1.807, 2.05) is 49.4 Å². The van der Waals surface area contributed by atoms with Gasteiger partial charge in [-0.05, 0) is 55.5 Å². The molecular formula is C15H16N4OS. The van der Waals surface area contributed by atoms with Crippen LogP contribution < -0.4 is 15.9 Å². The molecule has 0 atom stereocenters. The number of nitrogens with zero attached hydrogens (tertiary/aromatic N) is 2. The Bertz CT molecular complexity index is 668. The molecule has 2 aromatic rings. The van der Waals surface area contributed by atoms with Crippen molar-refractivity contribution in [2.75, 3.05) is 7.11 Å². The first kappa shape index (κ1) is 14.9. The molecule has 1 heterocycles. The van der Waals surface area contributed by atoms with Crippen LogP contribution >= 0.6 is 12.2 Å². The van der Waals surface area contributed by atoms with Crippen molar-refractivity contribution in [3.63, 3.8) is 0 Å². The molecule has 1 aromatic heterocycles. The molecule has 0 fully saturated rings. The highest BCUT2D eigenvalue weighted by Gasteiger charge is 2.09. The number of pyridine rings is 1. The maximum atomic E-state index is 5.45. The molecule has 0 amide bonds. The first-order valence-corrected chi connectivity index (χ1v) is 6.72.